The Morgan fingerprint density at radius 1 is 1.04 bits per heavy atom. The largest absolute Gasteiger partial charge is 0.453 e. The summed E-state index contributed by atoms with van der Waals surface area (Å²) in [5.41, 5.74) is 2.15. The molecular formula is C20H15IN2O2S. The van der Waals surface area contributed by atoms with E-state index >= 15 is 0 Å². The Hall–Kier alpha value is -1.93. The molecule has 3 aromatic heterocycles. The van der Waals surface area contributed by atoms with Crippen molar-refractivity contribution in [3.8, 4) is 22.9 Å². The van der Waals surface area contributed by atoms with Gasteiger partial charge in [0.05, 0.1) is 5.39 Å². The van der Waals surface area contributed by atoms with Gasteiger partial charge in [0, 0.05) is 14.0 Å². The molecule has 0 atom stereocenters. The van der Waals surface area contributed by atoms with Gasteiger partial charge in [-0.3, -0.25) is 4.79 Å². The number of aromatic nitrogens is 2. The van der Waals surface area contributed by atoms with Crippen LogP contribution in [-0.4, -0.2) is 9.97 Å². The van der Waals surface area contributed by atoms with Crippen LogP contribution in [0.4, 0.5) is 0 Å². The van der Waals surface area contributed by atoms with Crippen molar-refractivity contribution in [3.05, 3.63) is 60.8 Å². The van der Waals surface area contributed by atoms with E-state index in [9.17, 15) is 4.79 Å². The van der Waals surface area contributed by atoms with Gasteiger partial charge in [0.25, 0.3) is 5.56 Å². The molecule has 0 unspecified atom stereocenters. The molecule has 0 saturated heterocycles. The highest BCUT2D eigenvalue weighted by Crippen LogP contribution is 2.35. The lowest BCUT2D eigenvalue weighted by Crippen LogP contribution is -2.11. The van der Waals surface area contributed by atoms with Gasteiger partial charge < -0.3 is 9.40 Å². The Morgan fingerprint density at radius 2 is 1.81 bits per heavy atom. The Labute approximate surface area is 167 Å². The minimum atomic E-state index is -0.0587. The molecule has 3 heterocycles. The van der Waals surface area contributed by atoms with Crippen LogP contribution in [0, 0.1) is 3.57 Å². The maximum absolute atomic E-state index is 12.7. The van der Waals surface area contributed by atoms with E-state index in [2.05, 4.69) is 27.6 Å². The molecule has 0 amide bonds. The number of H-pyrrole nitrogens is 1. The summed E-state index contributed by atoms with van der Waals surface area (Å²) in [5, 5.41) is 0.776. The Bertz CT molecular complexity index is 1170. The molecule has 0 fully saturated rings. The summed E-state index contributed by atoms with van der Waals surface area (Å²) >= 11 is 3.93. The number of rotatable bonds is 2. The lowest BCUT2D eigenvalue weighted by molar-refractivity contribution is 0.592. The third-order valence-electron chi connectivity index (χ3n) is 4.79. The zero-order valence-corrected chi connectivity index (χ0v) is 16.8. The number of furan rings is 1. The van der Waals surface area contributed by atoms with Crippen molar-refractivity contribution in [3.63, 3.8) is 0 Å². The summed E-state index contributed by atoms with van der Waals surface area (Å²) in [6.07, 6.45) is 4.39. The predicted molar refractivity (Wildman–Crippen MR) is 113 cm³/mol. The van der Waals surface area contributed by atoms with Crippen LogP contribution in [0.5, 0.6) is 0 Å². The zero-order valence-electron chi connectivity index (χ0n) is 13.8. The van der Waals surface area contributed by atoms with Crippen LogP contribution in [0.1, 0.15) is 23.3 Å². The third-order valence-corrected chi connectivity index (χ3v) is 6.70. The molecule has 1 N–H and O–H groups in total. The molecular weight excluding hydrogens is 459 g/mol. The Kier molecular flexibility index (Phi) is 3.97. The number of hydrogen-bond acceptors (Lipinski definition) is 4. The highest BCUT2D eigenvalue weighted by atomic mass is 127. The third kappa shape index (κ3) is 2.72. The van der Waals surface area contributed by atoms with Crippen molar-refractivity contribution >= 4 is 44.1 Å². The van der Waals surface area contributed by atoms with E-state index < -0.39 is 0 Å². The van der Waals surface area contributed by atoms with Gasteiger partial charge in [-0.2, -0.15) is 0 Å². The summed E-state index contributed by atoms with van der Waals surface area (Å²) in [4.78, 5) is 22.5. The second-order valence-electron chi connectivity index (χ2n) is 6.48. The van der Waals surface area contributed by atoms with Crippen molar-refractivity contribution in [2.24, 2.45) is 0 Å². The van der Waals surface area contributed by atoms with Crippen LogP contribution in [0.3, 0.4) is 0 Å². The SMILES string of the molecule is O=c1[nH]c(-c2ccc(-c3ccc(I)cc3)o2)nc2sc3c(c12)CCCC3. The molecule has 0 aliphatic heterocycles. The number of fused-ring (bicyclic) bond motifs is 3. The first kappa shape index (κ1) is 16.3. The molecule has 1 aromatic carbocycles. The van der Waals surface area contributed by atoms with Gasteiger partial charge in [-0.1, -0.05) is 12.1 Å². The van der Waals surface area contributed by atoms with Crippen molar-refractivity contribution < 1.29 is 4.42 Å². The average Bonchev–Trinajstić information content (AvgIpc) is 3.27. The summed E-state index contributed by atoms with van der Waals surface area (Å²) in [6.45, 7) is 0. The van der Waals surface area contributed by atoms with Crippen LogP contribution in [0.15, 0.2) is 45.6 Å². The number of thiophene rings is 1. The second kappa shape index (κ2) is 6.35. The van der Waals surface area contributed by atoms with Crippen molar-refractivity contribution in [1.82, 2.24) is 9.97 Å². The fourth-order valence-electron chi connectivity index (χ4n) is 3.52. The second-order valence-corrected chi connectivity index (χ2v) is 8.81. The van der Waals surface area contributed by atoms with Gasteiger partial charge in [0.15, 0.2) is 11.6 Å². The van der Waals surface area contributed by atoms with Crippen LogP contribution in [0.2, 0.25) is 0 Å². The topological polar surface area (TPSA) is 58.9 Å². The van der Waals surface area contributed by atoms with Crippen molar-refractivity contribution in [2.45, 2.75) is 25.7 Å². The van der Waals surface area contributed by atoms with Gasteiger partial charge >= 0.3 is 0 Å². The normalized spacial score (nSPS) is 13.9. The Morgan fingerprint density at radius 3 is 2.65 bits per heavy atom. The molecule has 0 saturated carbocycles. The van der Waals surface area contributed by atoms with Crippen LogP contribution in [-0.2, 0) is 12.8 Å². The summed E-state index contributed by atoms with van der Waals surface area (Å²) in [5.74, 6) is 1.85. The number of hydrogen-bond donors (Lipinski definition) is 1. The quantitative estimate of drug-likeness (QED) is 0.396. The van der Waals surface area contributed by atoms with Gasteiger partial charge in [-0.25, -0.2) is 4.98 Å². The Balaban J connectivity index is 1.59. The first-order valence-electron chi connectivity index (χ1n) is 8.60. The maximum Gasteiger partial charge on any atom is 0.260 e. The van der Waals surface area contributed by atoms with Crippen LogP contribution < -0.4 is 5.56 Å². The number of benzene rings is 1. The fraction of sp³-hybridized carbons (Fsp3) is 0.200. The van der Waals surface area contributed by atoms with E-state index in [1.165, 1.54) is 20.4 Å². The molecule has 0 bridgehead atoms. The summed E-state index contributed by atoms with van der Waals surface area (Å²) < 4.78 is 7.15. The van der Waals surface area contributed by atoms with E-state index in [1.54, 1.807) is 11.3 Å². The minimum absolute atomic E-state index is 0.0587. The number of aryl methyl sites for hydroxylation is 2. The standard InChI is InChI=1S/C20H15IN2O2S/c21-12-7-5-11(6-8-12)14-9-10-15(25-14)18-22-19(24)17-13-3-1-2-4-16(13)26-20(17)23-18/h5-10H,1-4H2,(H,22,23,24). The molecule has 4 nitrogen and oxygen atoms in total. The lowest BCUT2D eigenvalue weighted by Gasteiger charge is -2.09. The van der Waals surface area contributed by atoms with E-state index in [1.807, 2.05) is 36.4 Å². The number of halogens is 1. The average molecular weight is 474 g/mol. The predicted octanol–water partition coefficient (Wildman–Crippen LogP) is 5.40. The summed E-state index contributed by atoms with van der Waals surface area (Å²) in [6, 6.07) is 11.9. The highest BCUT2D eigenvalue weighted by Gasteiger charge is 2.20. The van der Waals surface area contributed by atoms with E-state index in [0.29, 0.717) is 11.6 Å². The van der Waals surface area contributed by atoms with Crippen LogP contribution in [0.25, 0.3) is 33.1 Å². The smallest absolute Gasteiger partial charge is 0.260 e. The fourth-order valence-corrected chi connectivity index (χ4v) is 5.14. The number of nitrogens with zero attached hydrogens (tertiary/aromatic N) is 1. The van der Waals surface area contributed by atoms with Gasteiger partial charge in [0.2, 0.25) is 0 Å². The molecule has 6 heteroatoms. The zero-order chi connectivity index (χ0) is 17.7. The highest BCUT2D eigenvalue weighted by molar-refractivity contribution is 14.1. The van der Waals surface area contributed by atoms with Gasteiger partial charge in [-0.05, 0) is 78.1 Å². The lowest BCUT2D eigenvalue weighted by atomic mass is 9.97. The molecule has 0 radical (unpaired) electrons. The molecule has 26 heavy (non-hydrogen) atoms. The first-order valence-corrected chi connectivity index (χ1v) is 10.5. The van der Waals surface area contributed by atoms with Crippen LogP contribution >= 0.6 is 33.9 Å². The number of aromatic amines is 1. The molecule has 130 valence electrons. The molecule has 4 aromatic rings. The first-order chi connectivity index (χ1) is 12.7. The van der Waals surface area contributed by atoms with Gasteiger partial charge in [-0.15, -0.1) is 11.3 Å². The monoisotopic (exact) mass is 474 g/mol. The van der Waals surface area contributed by atoms with E-state index in [0.717, 1.165) is 40.8 Å². The van der Waals surface area contributed by atoms with Crippen molar-refractivity contribution in [2.75, 3.05) is 0 Å². The van der Waals surface area contributed by atoms with E-state index in [-0.39, 0.29) is 5.56 Å². The number of nitrogens with one attached hydrogen (secondary N) is 1. The molecule has 1 aliphatic rings. The van der Waals surface area contributed by atoms with E-state index in [4.69, 9.17) is 9.40 Å². The summed E-state index contributed by atoms with van der Waals surface area (Å²) in [7, 11) is 0. The molecule has 1 aliphatic carbocycles. The maximum atomic E-state index is 12.7. The van der Waals surface area contributed by atoms with Gasteiger partial charge in [0.1, 0.15) is 10.6 Å². The molecule has 5 rings (SSSR count). The molecule has 0 spiro atoms. The minimum Gasteiger partial charge on any atom is -0.453 e. The van der Waals surface area contributed by atoms with Crippen molar-refractivity contribution in [1.29, 1.82) is 0 Å².